The molecule has 5 nitrogen and oxygen atoms in total. The number of amides is 1. The molecular formula is C18H21ClN4OS. The predicted octanol–water partition coefficient (Wildman–Crippen LogP) is 3.24. The molecular weight excluding hydrogens is 356 g/mol. The molecule has 2 rings (SSSR count). The first-order chi connectivity index (χ1) is 12.2. The van der Waals surface area contributed by atoms with E-state index < -0.39 is 0 Å². The molecule has 0 bridgehead atoms. The van der Waals surface area contributed by atoms with Crippen molar-refractivity contribution in [2.75, 3.05) is 31.2 Å². The van der Waals surface area contributed by atoms with Gasteiger partial charge in [0, 0.05) is 35.0 Å². The summed E-state index contributed by atoms with van der Waals surface area (Å²) in [7, 11) is 1.68. The van der Waals surface area contributed by atoms with E-state index >= 15 is 0 Å². The zero-order valence-corrected chi connectivity index (χ0v) is 15.5. The van der Waals surface area contributed by atoms with Crippen LogP contribution in [-0.2, 0) is 4.79 Å². The number of nitrogens with one attached hydrogen (secondary N) is 3. The number of guanidine groups is 1. The minimum absolute atomic E-state index is 0.121. The highest BCUT2D eigenvalue weighted by Crippen LogP contribution is 2.19. The summed E-state index contributed by atoms with van der Waals surface area (Å²) in [6, 6.07) is 17.1. The van der Waals surface area contributed by atoms with Gasteiger partial charge in [0.2, 0.25) is 5.91 Å². The summed E-state index contributed by atoms with van der Waals surface area (Å²) < 4.78 is 0. The Morgan fingerprint density at radius 3 is 2.48 bits per heavy atom. The third kappa shape index (κ3) is 7.49. The molecule has 0 aliphatic carbocycles. The summed E-state index contributed by atoms with van der Waals surface area (Å²) >= 11 is 7.59. The standard InChI is InChI=1S/C18H21ClN4OS/c1-20-18(21-11-12-25-16-9-7-14(19)8-10-16)22-13-17(24)23-15-5-3-2-4-6-15/h2-10H,11-13H2,1H3,(H,23,24)(H2,20,21,22). The van der Waals surface area contributed by atoms with Crippen molar-refractivity contribution in [3.05, 3.63) is 59.6 Å². The minimum atomic E-state index is -0.121. The fourth-order valence-electron chi connectivity index (χ4n) is 1.98. The number of hydrogen-bond donors (Lipinski definition) is 3. The second-order valence-electron chi connectivity index (χ2n) is 5.07. The molecule has 25 heavy (non-hydrogen) atoms. The molecule has 0 saturated carbocycles. The molecule has 0 radical (unpaired) electrons. The highest BCUT2D eigenvalue weighted by atomic mass is 35.5. The average Bonchev–Trinajstić information content (AvgIpc) is 2.63. The van der Waals surface area contributed by atoms with E-state index in [2.05, 4.69) is 20.9 Å². The Morgan fingerprint density at radius 1 is 1.08 bits per heavy atom. The van der Waals surface area contributed by atoms with Crippen LogP contribution in [0.25, 0.3) is 0 Å². The number of para-hydroxylation sites is 1. The highest BCUT2D eigenvalue weighted by molar-refractivity contribution is 7.99. The number of anilines is 1. The number of hydrogen-bond acceptors (Lipinski definition) is 3. The number of rotatable bonds is 7. The summed E-state index contributed by atoms with van der Waals surface area (Å²) in [5, 5.41) is 9.73. The average molecular weight is 377 g/mol. The van der Waals surface area contributed by atoms with Gasteiger partial charge in [-0.1, -0.05) is 29.8 Å². The molecule has 0 unspecified atom stereocenters. The third-order valence-electron chi connectivity index (χ3n) is 3.17. The lowest BCUT2D eigenvalue weighted by Crippen LogP contribution is -2.42. The minimum Gasteiger partial charge on any atom is -0.356 e. The molecule has 0 spiro atoms. The van der Waals surface area contributed by atoms with Gasteiger partial charge in [0.25, 0.3) is 0 Å². The van der Waals surface area contributed by atoms with Gasteiger partial charge in [-0.15, -0.1) is 11.8 Å². The lowest BCUT2D eigenvalue weighted by atomic mass is 10.3. The van der Waals surface area contributed by atoms with Crippen LogP contribution >= 0.6 is 23.4 Å². The van der Waals surface area contributed by atoms with Crippen LogP contribution in [0.1, 0.15) is 0 Å². The Kier molecular flexibility index (Phi) is 8.15. The topological polar surface area (TPSA) is 65.5 Å². The molecule has 0 saturated heterocycles. The van der Waals surface area contributed by atoms with E-state index in [-0.39, 0.29) is 12.5 Å². The number of benzene rings is 2. The lowest BCUT2D eigenvalue weighted by Gasteiger charge is -2.12. The Bertz CT molecular complexity index is 692. The van der Waals surface area contributed by atoms with Crippen molar-refractivity contribution in [1.82, 2.24) is 10.6 Å². The smallest absolute Gasteiger partial charge is 0.243 e. The van der Waals surface area contributed by atoms with Crippen molar-refractivity contribution in [1.29, 1.82) is 0 Å². The van der Waals surface area contributed by atoms with E-state index in [0.29, 0.717) is 5.96 Å². The van der Waals surface area contributed by atoms with Crippen molar-refractivity contribution < 1.29 is 4.79 Å². The molecule has 2 aromatic rings. The van der Waals surface area contributed by atoms with E-state index in [0.717, 1.165) is 27.9 Å². The molecule has 0 aromatic heterocycles. The summed E-state index contributed by atoms with van der Waals surface area (Å²) in [5.74, 6) is 1.35. The largest absolute Gasteiger partial charge is 0.356 e. The van der Waals surface area contributed by atoms with Crippen LogP contribution in [0.4, 0.5) is 5.69 Å². The Balaban J connectivity index is 1.64. The van der Waals surface area contributed by atoms with E-state index in [1.54, 1.807) is 18.8 Å². The summed E-state index contributed by atoms with van der Waals surface area (Å²) in [5.41, 5.74) is 0.775. The van der Waals surface area contributed by atoms with Crippen LogP contribution in [0.3, 0.4) is 0 Å². The summed E-state index contributed by atoms with van der Waals surface area (Å²) in [6.45, 7) is 0.881. The van der Waals surface area contributed by atoms with Crippen LogP contribution in [0.2, 0.25) is 5.02 Å². The maximum absolute atomic E-state index is 11.9. The van der Waals surface area contributed by atoms with Gasteiger partial charge in [-0.05, 0) is 36.4 Å². The molecule has 0 atom stereocenters. The number of nitrogens with zero attached hydrogens (tertiary/aromatic N) is 1. The third-order valence-corrected chi connectivity index (χ3v) is 4.44. The van der Waals surface area contributed by atoms with Crippen LogP contribution in [0, 0.1) is 0 Å². The van der Waals surface area contributed by atoms with E-state index in [1.807, 2.05) is 54.6 Å². The first-order valence-electron chi connectivity index (χ1n) is 7.85. The predicted molar refractivity (Wildman–Crippen MR) is 107 cm³/mol. The summed E-state index contributed by atoms with van der Waals surface area (Å²) in [6.07, 6.45) is 0. The highest BCUT2D eigenvalue weighted by Gasteiger charge is 2.04. The Labute approximate surface area is 157 Å². The SMILES string of the molecule is CN=C(NCCSc1ccc(Cl)cc1)NCC(=O)Nc1ccccc1. The number of halogens is 1. The van der Waals surface area contributed by atoms with E-state index in [9.17, 15) is 4.79 Å². The van der Waals surface area contributed by atoms with E-state index in [1.165, 1.54) is 0 Å². The first kappa shape index (κ1) is 19.1. The van der Waals surface area contributed by atoms with Crippen LogP contribution in [0.15, 0.2) is 64.5 Å². The molecule has 132 valence electrons. The number of aliphatic imine (C=N–C) groups is 1. The van der Waals surface area contributed by atoms with Crippen LogP contribution in [0.5, 0.6) is 0 Å². The first-order valence-corrected chi connectivity index (χ1v) is 9.21. The molecule has 1 amide bonds. The van der Waals surface area contributed by atoms with Gasteiger partial charge in [0.15, 0.2) is 5.96 Å². The van der Waals surface area contributed by atoms with Crippen molar-refractivity contribution in [3.8, 4) is 0 Å². The number of carbonyl (C=O) groups excluding carboxylic acids is 1. The molecule has 7 heteroatoms. The van der Waals surface area contributed by atoms with Gasteiger partial charge < -0.3 is 16.0 Å². The van der Waals surface area contributed by atoms with Gasteiger partial charge in [-0.3, -0.25) is 9.79 Å². The van der Waals surface area contributed by atoms with E-state index in [4.69, 9.17) is 11.6 Å². The molecule has 2 aromatic carbocycles. The molecule has 0 aliphatic rings. The Hall–Kier alpha value is -2.18. The van der Waals surface area contributed by atoms with Crippen molar-refractivity contribution >= 4 is 40.9 Å². The lowest BCUT2D eigenvalue weighted by molar-refractivity contribution is -0.115. The summed E-state index contributed by atoms with van der Waals surface area (Å²) in [4.78, 5) is 17.2. The fourth-order valence-corrected chi connectivity index (χ4v) is 2.87. The van der Waals surface area contributed by atoms with Crippen LogP contribution in [-0.4, -0.2) is 37.8 Å². The van der Waals surface area contributed by atoms with Gasteiger partial charge in [-0.25, -0.2) is 0 Å². The Morgan fingerprint density at radius 2 is 1.80 bits per heavy atom. The molecule has 0 aliphatic heterocycles. The maximum Gasteiger partial charge on any atom is 0.243 e. The second-order valence-corrected chi connectivity index (χ2v) is 6.67. The van der Waals surface area contributed by atoms with Crippen molar-refractivity contribution in [3.63, 3.8) is 0 Å². The second kappa shape index (κ2) is 10.6. The molecule has 0 fully saturated rings. The van der Waals surface area contributed by atoms with Gasteiger partial charge >= 0.3 is 0 Å². The van der Waals surface area contributed by atoms with Gasteiger partial charge in [0.05, 0.1) is 6.54 Å². The number of carbonyl (C=O) groups is 1. The van der Waals surface area contributed by atoms with Crippen molar-refractivity contribution in [2.24, 2.45) is 4.99 Å². The molecule has 3 N–H and O–H groups in total. The van der Waals surface area contributed by atoms with Gasteiger partial charge in [0.1, 0.15) is 0 Å². The fraction of sp³-hybridized carbons (Fsp3) is 0.222. The normalized spacial score (nSPS) is 11.0. The maximum atomic E-state index is 11.9. The number of thioether (sulfide) groups is 1. The quantitative estimate of drug-likeness (QED) is 0.300. The molecule has 0 heterocycles. The zero-order valence-electron chi connectivity index (χ0n) is 14.0. The monoisotopic (exact) mass is 376 g/mol. The zero-order chi connectivity index (χ0) is 17.9. The van der Waals surface area contributed by atoms with Crippen LogP contribution < -0.4 is 16.0 Å². The van der Waals surface area contributed by atoms with Crippen molar-refractivity contribution in [2.45, 2.75) is 4.90 Å². The van der Waals surface area contributed by atoms with Gasteiger partial charge in [-0.2, -0.15) is 0 Å².